The SMILES string of the molecule is Cn1cnc(Cl)c1C1CCCNC1. The Morgan fingerprint density at radius 2 is 2.54 bits per heavy atom. The van der Waals surface area contributed by atoms with Crippen molar-refractivity contribution in [1.82, 2.24) is 14.9 Å². The monoisotopic (exact) mass is 199 g/mol. The van der Waals surface area contributed by atoms with Gasteiger partial charge in [0, 0.05) is 19.5 Å². The molecule has 2 rings (SSSR count). The van der Waals surface area contributed by atoms with Crippen LogP contribution in [0.3, 0.4) is 0 Å². The van der Waals surface area contributed by atoms with Crippen molar-refractivity contribution in [1.29, 1.82) is 0 Å². The third kappa shape index (κ3) is 1.71. The van der Waals surface area contributed by atoms with Gasteiger partial charge in [-0.05, 0) is 19.4 Å². The van der Waals surface area contributed by atoms with Gasteiger partial charge in [-0.2, -0.15) is 0 Å². The molecule has 0 aliphatic carbocycles. The summed E-state index contributed by atoms with van der Waals surface area (Å²) in [6.07, 6.45) is 4.23. The first kappa shape index (κ1) is 9.03. The van der Waals surface area contributed by atoms with E-state index in [1.807, 2.05) is 11.6 Å². The van der Waals surface area contributed by atoms with Gasteiger partial charge in [-0.1, -0.05) is 11.6 Å². The van der Waals surface area contributed by atoms with Crippen LogP contribution in [0.15, 0.2) is 6.33 Å². The van der Waals surface area contributed by atoms with Crippen LogP contribution in [0.25, 0.3) is 0 Å². The number of hydrogen-bond donors (Lipinski definition) is 1. The lowest BCUT2D eigenvalue weighted by molar-refractivity contribution is 0.447. The van der Waals surface area contributed by atoms with E-state index in [9.17, 15) is 0 Å². The number of aromatic nitrogens is 2. The normalized spacial score (nSPS) is 23.4. The number of nitrogens with one attached hydrogen (secondary N) is 1. The van der Waals surface area contributed by atoms with Crippen LogP contribution in [0.2, 0.25) is 5.15 Å². The molecule has 1 aliphatic heterocycles. The van der Waals surface area contributed by atoms with Crippen molar-refractivity contribution in [2.45, 2.75) is 18.8 Å². The Hall–Kier alpha value is -0.540. The first-order valence-corrected chi connectivity index (χ1v) is 5.04. The number of rotatable bonds is 1. The van der Waals surface area contributed by atoms with E-state index in [0.29, 0.717) is 11.1 Å². The molecule has 4 heteroatoms. The zero-order chi connectivity index (χ0) is 9.26. The van der Waals surface area contributed by atoms with Gasteiger partial charge in [0.05, 0.1) is 12.0 Å². The quantitative estimate of drug-likeness (QED) is 0.744. The highest BCUT2D eigenvalue weighted by atomic mass is 35.5. The predicted octanol–water partition coefficient (Wildman–Crippen LogP) is 1.54. The Kier molecular flexibility index (Phi) is 2.56. The zero-order valence-electron chi connectivity index (χ0n) is 7.76. The maximum atomic E-state index is 6.02. The summed E-state index contributed by atoms with van der Waals surface area (Å²) in [6, 6.07) is 0. The molecule has 1 atom stereocenters. The second-order valence-corrected chi connectivity index (χ2v) is 3.93. The van der Waals surface area contributed by atoms with Crippen molar-refractivity contribution >= 4 is 11.6 Å². The van der Waals surface area contributed by atoms with Gasteiger partial charge in [-0.3, -0.25) is 0 Å². The molecule has 0 spiro atoms. The molecule has 1 aromatic rings. The highest BCUT2D eigenvalue weighted by Gasteiger charge is 2.20. The fraction of sp³-hybridized carbons (Fsp3) is 0.667. The van der Waals surface area contributed by atoms with Gasteiger partial charge in [0.1, 0.15) is 0 Å². The van der Waals surface area contributed by atoms with Gasteiger partial charge in [0.25, 0.3) is 0 Å². The fourth-order valence-corrected chi connectivity index (χ4v) is 2.28. The number of imidazole rings is 1. The minimum atomic E-state index is 0.536. The lowest BCUT2D eigenvalue weighted by Gasteiger charge is -2.23. The van der Waals surface area contributed by atoms with Crippen molar-refractivity contribution < 1.29 is 0 Å². The highest BCUT2D eigenvalue weighted by molar-refractivity contribution is 6.30. The molecule has 13 heavy (non-hydrogen) atoms. The van der Waals surface area contributed by atoms with Crippen LogP contribution in [0.5, 0.6) is 0 Å². The molecule has 0 saturated carbocycles. The lowest BCUT2D eigenvalue weighted by Crippen LogP contribution is -2.29. The molecule has 3 nitrogen and oxygen atoms in total. The third-order valence-electron chi connectivity index (χ3n) is 2.62. The van der Waals surface area contributed by atoms with Crippen LogP contribution in [0, 0.1) is 0 Å². The molecule has 0 amide bonds. The lowest BCUT2D eigenvalue weighted by atomic mass is 9.96. The van der Waals surface area contributed by atoms with Crippen LogP contribution in [-0.2, 0) is 7.05 Å². The summed E-state index contributed by atoms with van der Waals surface area (Å²) in [5.74, 6) is 0.536. The Bertz CT molecular complexity index is 270. The van der Waals surface area contributed by atoms with Crippen molar-refractivity contribution in [3.05, 3.63) is 17.2 Å². The maximum Gasteiger partial charge on any atom is 0.150 e. The van der Waals surface area contributed by atoms with E-state index in [1.165, 1.54) is 18.5 Å². The molecule has 1 N–H and O–H groups in total. The van der Waals surface area contributed by atoms with Crippen LogP contribution >= 0.6 is 11.6 Å². The maximum absolute atomic E-state index is 6.02. The Morgan fingerprint density at radius 1 is 1.69 bits per heavy atom. The summed E-state index contributed by atoms with van der Waals surface area (Å²) in [7, 11) is 2.00. The van der Waals surface area contributed by atoms with E-state index in [2.05, 4.69) is 10.3 Å². The van der Waals surface area contributed by atoms with Crippen molar-refractivity contribution in [2.24, 2.45) is 7.05 Å². The molecule has 1 aliphatic rings. The summed E-state index contributed by atoms with van der Waals surface area (Å²) in [5, 5.41) is 4.04. The van der Waals surface area contributed by atoms with E-state index in [1.54, 1.807) is 6.33 Å². The Balaban J connectivity index is 2.22. The van der Waals surface area contributed by atoms with Crippen molar-refractivity contribution in [3.63, 3.8) is 0 Å². The van der Waals surface area contributed by atoms with E-state index in [-0.39, 0.29) is 0 Å². The predicted molar refractivity (Wildman–Crippen MR) is 53.1 cm³/mol. The molecule has 2 heterocycles. The number of piperidine rings is 1. The Labute approximate surface area is 83.1 Å². The molecule has 0 aromatic carbocycles. The molecular formula is C9H14ClN3. The summed E-state index contributed by atoms with van der Waals surface area (Å²) < 4.78 is 2.03. The van der Waals surface area contributed by atoms with Gasteiger partial charge in [-0.25, -0.2) is 4.98 Å². The molecule has 72 valence electrons. The van der Waals surface area contributed by atoms with Gasteiger partial charge >= 0.3 is 0 Å². The summed E-state index contributed by atoms with van der Waals surface area (Å²) in [6.45, 7) is 2.16. The topological polar surface area (TPSA) is 29.9 Å². The van der Waals surface area contributed by atoms with Gasteiger partial charge in [-0.15, -0.1) is 0 Å². The molecular weight excluding hydrogens is 186 g/mol. The van der Waals surface area contributed by atoms with Crippen LogP contribution < -0.4 is 5.32 Å². The van der Waals surface area contributed by atoms with Gasteiger partial charge in [0.2, 0.25) is 0 Å². The average molecular weight is 200 g/mol. The van der Waals surface area contributed by atoms with E-state index < -0.39 is 0 Å². The van der Waals surface area contributed by atoms with E-state index in [4.69, 9.17) is 11.6 Å². The Morgan fingerprint density at radius 3 is 3.08 bits per heavy atom. The number of nitrogens with zero attached hydrogens (tertiary/aromatic N) is 2. The number of halogens is 1. The molecule has 1 saturated heterocycles. The number of hydrogen-bond acceptors (Lipinski definition) is 2. The molecule has 0 radical (unpaired) electrons. The first-order valence-electron chi connectivity index (χ1n) is 4.66. The minimum absolute atomic E-state index is 0.536. The zero-order valence-corrected chi connectivity index (χ0v) is 8.51. The van der Waals surface area contributed by atoms with Crippen LogP contribution in [-0.4, -0.2) is 22.6 Å². The van der Waals surface area contributed by atoms with E-state index in [0.717, 1.165) is 13.1 Å². The number of aryl methyl sites for hydroxylation is 1. The van der Waals surface area contributed by atoms with Crippen molar-refractivity contribution in [3.8, 4) is 0 Å². The molecule has 1 aromatic heterocycles. The van der Waals surface area contributed by atoms with Crippen LogP contribution in [0.1, 0.15) is 24.5 Å². The second kappa shape index (κ2) is 3.68. The molecule has 1 unspecified atom stereocenters. The summed E-state index contributed by atoms with van der Waals surface area (Å²) in [5.41, 5.74) is 1.17. The van der Waals surface area contributed by atoms with Gasteiger partial charge < -0.3 is 9.88 Å². The van der Waals surface area contributed by atoms with Crippen molar-refractivity contribution in [2.75, 3.05) is 13.1 Å². The minimum Gasteiger partial charge on any atom is -0.336 e. The summed E-state index contributed by atoms with van der Waals surface area (Å²) in [4.78, 5) is 4.09. The first-order chi connectivity index (χ1) is 6.29. The third-order valence-corrected chi connectivity index (χ3v) is 2.91. The average Bonchev–Trinajstić information content (AvgIpc) is 2.48. The molecule has 1 fully saturated rings. The van der Waals surface area contributed by atoms with Gasteiger partial charge in [0.15, 0.2) is 5.15 Å². The smallest absolute Gasteiger partial charge is 0.150 e. The molecule has 0 bridgehead atoms. The standard InChI is InChI=1S/C9H14ClN3/c1-13-6-12-9(10)8(13)7-3-2-4-11-5-7/h6-7,11H,2-5H2,1H3. The van der Waals surface area contributed by atoms with E-state index >= 15 is 0 Å². The largest absolute Gasteiger partial charge is 0.336 e. The van der Waals surface area contributed by atoms with Crippen LogP contribution in [0.4, 0.5) is 0 Å². The highest BCUT2D eigenvalue weighted by Crippen LogP contribution is 2.27. The second-order valence-electron chi connectivity index (χ2n) is 3.57. The fourth-order valence-electron chi connectivity index (χ4n) is 1.95. The summed E-state index contributed by atoms with van der Waals surface area (Å²) >= 11 is 6.02.